The van der Waals surface area contributed by atoms with Crippen molar-refractivity contribution in [3.8, 4) is 0 Å². The second-order valence-corrected chi connectivity index (χ2v) is 6.77. The summed E-state index contributed by atoms with van der Waals surface area (Å²) in [4.78, 5) is 25.7. The van der Waals surface area contributed by atoms with Gasteiger partial charge in [-0.05, 0) is 38.1 Å². The molecule has 2 atom stereocenters. The first-order valence-corrected chi connectivity index (χ1v) is 8.16. The second kappa shape index (κ2) is 5.71. The van der Waals surface area contributed by atoms with Crippen molar-refractivity contribution in [3.63, 3.8) is 0 Å². The molecule has 2 heterocycles. The molecule has 1 saturated carbocycles. The highest BCUT2D eigenvalue weighted by atomic mass is 32.2. The van der Waals surface area contributed by atoms with Gasteiger partial charge in [0.2, 0.25) is 5.91 Å². The Balaban J connectivity index is 1.59. The highest BCUT2D eigenvalue weighted by Gasteiger charge is 2.35. The molecule has 3 fully saturated rings. The van der Waals surface area contributed by atoms with Crippen molar-refractivity contribution in [1.82, 2.24) is 15.5 Å². The Morgan fingerprint density at radius 3 is 2.74 bits per heavy atom. The average Bonchev–Trinajstić information content (AvgIpc) is 2.89. The van der Waals surface area contributed by atoms with Gasteiger partial charge in [-0.15, -0.1) is 0 Å². The van der Waals surface area contributed by atoms with Crippen molar-refractivity contribution in [2.75, 3.05) is 25.4 Å². The van der Waals surface area contributed by atoms with Crippen LogP contribution in [0.2, 0.25) is 0 Å². The van der Waals surface area contributed by atoms with Crippen molar-refractivity contribution in [2.24, 2.45) is 5.92 Å². The van der Waals surface area contributed by atoms with E-state index in [1.165, 1.54) is 31.0 Å². The van der Waals surface area contributed by atoms with Crippen molar-refractivity contribution in [2.45, 2.75) is 37.8 Å². The van der Waals surface area contributed by atoms with Crippen LogP contribution in [0.5, 0.6) is 0 Å². The van der Waals surface area contributed by atoms with Crippen molar-refractivity contribution in [1.29, 1.82) is 0 Å². The zero-order valence-corrected chi connectivity index (χ0v) is 11.9. The lowest BCUT2D eigenvalue weighted by Gasteiger charge is -2.28. The fourth-order valence-corrected chi connectivity index (χ4v) is 3.55. The van der Waals surface area contributed by atoms with E-state index in [1.54, 1.807) is 0 Å². The average molecular weight is 283 g/mol. The maximum atomic E-state index is 12.5. The molecule has 0 radical (unpaired) electrons. The third-order valence-corrected chi connectivity index (χ3v) is 4.94. The van der Waals surface area contributed by atoms with Crippen LogP contribution in [0.15, 0.2) is 0 Å². The third-order valence-electron chi connectivity index (χ3n) is 4.06. The van der Waals surface area contributed by atoms with Gasteiger partial charge in [-0.3, -0.25) is 9.59 Å². The SMILES string of the molecule is O=C1NC(C(=O)N(CC2CC2)CC2CCCN2)CS1. The molecular weight excluding hydrogens is 262 g/mol. The van der Waals surface area contributed by atoms with E-state index >= 15 is 0 Å². The second-order valence-electron chi connectivity index (χ2n) is 5.78. The molecule has 2 aliphatic heterocycles. The molecule has 19 heavy (non-hydrogen) atoms. The Kier molecular flexibility index (Phi) is 3.98. The summed E-state index contributed by atoms with van der Waals surface area (Å²) in [6.45, 7) is 2.73. The van der Waals surface area contributed by atoms with Crippen molar-refractivity contribution < 1.29 is 9.59 Å². The molecule has 0 spiro atoms. The minimum Gasteiger partial charge on any atom is -0.339 e. The standard InChI is InChI=1S/C13H21N3O2S/c17-12(11-8-19-13(18)15-11)16(6-9-3-4-9)7-10-2-1-5-14-10/h9-11,14H,1-8H2,(H,15,18). The van der Waals surface area contributed by atoms with Gasteiger partial charge in [0, 0.05) is 24.9 Å². The van der Waals surface area contributed by atoms with Crippen LogP contribution in [0.3, 0.4) is 0 Å². The number of hydrogen-bond donors (Lipinski definition) is 2. The van der Waals surface area contributed by atoms with Gasteiger partial charge in [0.25, 0.3) is 5.24 Å². The van der Waals surface area contributed by atoms with Crippen molar-refractivity contribution in [3.05, 3.63) is 0 Å². The first kappa shape index (κ1) is 13.2. The number of thioether (sulfide) groups is 1. The number of rotatable bonds is 5. The highest BCUT2D eigenvalue weighted by molar-refractivity contribution is 8.14. The van der Waals surface area contributed by atoms with Gasteiger partial charge in [-0.1, -0.05) is 11.8 Å². The molecule has 6 heteroatoms. The number of nitrogens with zero attached hydrogens (tertiary/aromatic N) is 1. The summed E-state index contributed by atoms with van der Waals surface area (Å²) < 4.78 is 0. The Bertz CT molecular complexity index is 367. The number of amides is 2. The lowest BCUT2D eigenvalue weighted by molar-refractivity contribution is -0.133. The lowest BCUT2D eigenvalue weighted by Crippen LogP contribution is -2.50. The summed E-state index contributed by atoms with van der Waals surface area (Å²) in [6, 6.07) is 0.130. The first-order chi connectivity index (χ1) is 9.22. The maximum Gasteiger partial charge on any atom is 0.279 e. The Morgan fingerprint density at radius 2 is 2.16 bits per heavy atom. The number of hydrogen-bond acceptors (Lipinski definition) is 4. The van der Waals surface area contributed by atoms with Gasteiger partial charge >= 0.3 is 0 Å². The molecule has 2 N–H and O–H groups in total. The van der Waals surface area contributed by atoms with E-state index in [0.717, 1.165) is 26.1 Å². The predicted octanol–water partition coefficient (Wildman–Crippen LogP) is 0.802. The summed E-state index contributed by atoms with van der Waals surface area (Å²) >= 11 is 1.22. The smallest absolute Gasteiger partial charge is 0.279 e. The van der Waals surface area contributed by atoms with Gasteiger partial charge in [-0.25, -0.2) is 0 Å². The monoisotopic (exact) mass is 283 g/mol. The quantitative estimate of drug-likeness (QED) is 0.783. The lowest BCUT2D eigenvalue weighted by atomic mass is 10.2. The van der Waals surface area contributed by atoms with Crippen LogP contribution in [0.1, 0.15) is 25.7 Å². The molecule has 2 amide bonds. The summed E-state index contributed by atoms with van der Waals surface area (Å²) in [6.07, 6.45) is 4.84. The largest absolute Gasteiger partial charge is 0.339 e. The predicted molar refractivity (Wildman–Crippen MR) is 75.1 cm³/mol. The Labute approximate surface area is 117 Å². The van der Waals surface area contributed by atoms with E-state index in [-0.39, 0.29) is 17.2 Å². The molecule has 3 rings (SSSR count). The topological polar surface area (TPSA) is 61.4 Å². The fraction of sp³-hybridized carbons (Fsp3) is 0.846. The van der Waals surface area contributed by atoms with Gasteiger partial charge in [0.1, 0.15) is 6.04 Å². The van der Waals surface area contributed by atoms with E-state index in [0.29, 0.717) is 17.7 Å². The molecule has 106 valence electrons. The number of nitrogens with one attached hydrogen (secondary N) is 2. The van der Waals surface area contributed by atoms with E-state index in [2.05, 4.69) is 10.6 Å². The molecule has 2 saturated heterocycles. The van der Waals surface area contributed by atoms with Crippen LogP contribution < -0.4 is 10.6 Å². The van der Waals surface area contributed by atoms with Crippen LogP contribution in [-0.4, -0.2) is 53.5 Å². The molecule has 0 bridgehead atoms. The highest BCUT2D eigenvalue weighted by Crippen LogP contribution is 2.30. The fourth-order valence-electron chi connectivity index (χ4n) is 2.78. The van der Waals surface area contributed by atoms with E-state index in [4.69, 9.17) is 0 Å². The Hall–Kier alpha value is -0.750. The van der Waals surface area contributed by atoms with Crippen molar-refractivity contribution >= 4 is 22.9 Å². The van der Waals surface area contributed by atoms with Gasteiger partial charge in [0.15, 0.2) is 0 Å². The summed E-state index contributed by atoms with van der Waals surface area (Å²) in [5, 5.41) is 6.15. The van der Waals surface area contributed by atoms with Crippen LogP contribution in [0, 0.1) is 5.92 Å². The van der Waals surface area contributed by atoms with E-state index in [1.807, 2.05) is 4.90 Å². The number of carbonyl (C=O) groups excluding carboxylic acids is 2. The van der Waals surface area contributed by atoms with E-state index in [9.17, 15) is 9.59 Å². The van der Waals surface area contributed by atoms with E-state index < -0.39 is 0 Å². The van der Waals surface area contributed by atoms with Gasteiger partial charge in [-0.2, -0.15) is 0 Å². The minimum absolute atomic E-state index is 0.0660. The first-order valence-electron chi connectivity index (χ1n) is 7.18. The molecule has 0 aromatic rings. The maximum absolute atomic E-state index is 12.5. The minimum atomic E-state index is -0.308. The molecular formula is C13H21N3O2S. The van der Waals surface area contributed by atoms with Crippen LogP contribution in [0.4, 0.5) is 4.79 Å². The summed E-state index contributed by atoms with van der Waals surface area (Å²) in [5.74, 6) is 1.38. The van der Waals surface area contributed by atoms with Gasteiger partial charge < -0.3 is 15.5 Å². The molecule has 3 aliphatic rings. The molecule has 2 unspecified atom stereocenters. The summed E-state index contributed by atoms with van der Waals surface area (Å²) in [7, 11) is 0. The zero-order chi connectivity index (χ0) is 13.2. The molecule has 5 nitrogen and oxygen atoms in total. The third kappa shape index (κ3) is 3.42. The zero-order valence-electron chi connectivity index (χ0n) is 11.1. The molecule has 0 aromatic carbocycles. The normalized spacial score (nSPS) is 30.4. The Morgan fingerprint density at radius 1 is 1.32 bits per heavy atom. The van der Waals surface area contributed by atoms with Crippen LogP contribution in [0.25, 0.3) is 0 Å². The molecule has 0 aromatic heterocycles. The molecule has 1 aliphatic carbocycles. The number of carbonyl (C=O) groups is 2. The van der Waals surface area contributed by atoms with Gasteiger partial charge in [0.05, 0.1) is 0 Å². The summed E-state index contributed by atoms with van der Waals surface area (Å²) in [5.41, 5.74) is 0. The van der Waals surface area contributed by atoms with Crippen LogP contribution >= 0.6 is 11.8 Å². The van der Waals surface area contributed by atoms with Crippen LogP contribution in [-0.2, 0) is 4.79 Å².